The summed E-state index contributed by atoms with van der Waals surface area (Å²) in [5, 5.41) is 3.19. The molecule has 2 fully saturated rings. The van der Waals surface area contributed by atoms with E-state index in [1.807, 2.05) is 17.9 Å². The summed E-state index contributed by atoms with van der Waals surface area (Å²) in [5.74, 6) is -0.0860. The van der Waals surface area contributed by atoms with E-state index in [1.165, 1.54) is 5.56 Å². The molecule has 9 heteroatoms. The van der Waals surface area contributed by atoms with Gasteiger partial charge in [0.15, 0.2) is 0 Å². The number of aliphatic imine (C=N–C) groups is 1. The highest BCUT2D eigenvalue weighted by molar-refractivity contribution is 5.99. The van der Waals surface area contributed by atoms with Crippen LogP contribution in [0, 0.1) is 24.7 Å². The zero-order valence-electron chi connectivity index (χ0n) is 33.1. The SMILES string of the molecule is CCCCCC=NC(=O)C(CNC(=O)c1cc(-c2ccc(CN3CCOCC3)cc2)cc(N(CC)C2CCN(C(C)=O)CC2)c1C)C(C)CC(C)C. The van der Waals surface area contributed by atoms with E-state index in [-0.39, 0.29) is 36.2 Å². The minimum atomic E-state index is -0.394. The third-order valence-corrected chi connectivity index (χ3v) is 10.9. The molecule has 1 N–H and O–H groups in total. The second kappa shape index (κ2) is 20.6. The molecule has 0 aliphatic carbocycles. The van der Waals surface area contributed by atoms with Crippen molar-refractivity contribution in [2.24, 2.45) is 22.7 Å². The van der Waals surface area contributed by atoms with Gasteiger partial charge in [-0.2, -0.15) is 0 Å². The van der Waals surface area contributed by atoms with Crippen molar-refractivity contribution >= 4 is 29.6 Å². The Hall–Kier alpha value is -3.56. The van der Waals surface area contributed by atoms with Crippen molar-refractivity contribution in [3.05, 3.63) is 53.1 Å². The molecule has 3 amide bonds. The molecule has 0 bridgehead atoms. The van der Waals surface area contributed by atoms with E-state index < -0.39 is 5.92 Å². The number of benzene rings is 2. The summed E-state index contributed by atoms with van der Waals surface area (Å²) < 4.78 is 5.53. The largest absolute Gasteiger partial charge is 0.379 e. The van der Waals surface area contributed by atoms with Crippen molar-refractivity contribution in [2.75, 3.05) is 57.4 Å². The molecule has 2 aliphatic heterocycles. The molecule has 2 saturated heterocycles. The number of hydrogen-bond donors (Lipinski definition) is 1. The summed E-state index contributed by atoms with van der Waals surface area (Å²) in [6.45, 7) is 21.3. The van der Waals surface area contributed by atoms with Crippen LogP contribution < -0.4 is 10.2 Å². The van der Waals surface area contributed by atoms with Crippen LogP contribution in [0.15, 0.2) is 41.4 Å². The van der Waals surface area contributed by atoms with Crippen molar-refractivity contribution < 1.29 is 19.1 Å². The highest BCUT2D eigenvalue weighted by atomic mass is 16.5. The number of anilines is 1. The normalized spacial score (nSPS) is 17.0. The lowest BCUT2D eigenvalue weighted by Gasteiger charge is -2.40. The molecule has 2 aromatic carbocycles. The van der Waals surface area contributed by atoms with E-state index in [4.69, 9.17) is 4.74 Å². The number of hydrogen-bond acceptors (Lipinski definition) is 6. The van der Waals surface area contributed by atoms with Crippen LogP contribution in [0.4, 0.5) is 5.69 Å². The summed E-state index contributed by atoms with van der Waals surface area (Å²) in [6, 6.07) is 13.2. The van der Waals surface area contributed by atoms with Crippen LogP contribution >= 0.6 is 0 Å². The topological polar surface area (TPSA) is 94.5 Å². The van der Waals surface area contributed by atoms with Crippen molar-refractivity contribution in [3.63, 3.8) is 0 Å². The Labute approximate surface area is 313 Å². The van der Waals surface area contributed by atoms with Crippen LogP contribution in [0.3, 0.4) is 0 Å². The number of morpholine rings is 1. The Morgan fingerprint density at radius 2 is 1.67 bits per heavy atom. The van der Waals surface area contributed by atoms with E-state index in [0.29, 0.717) is 11.5 Å². The standard InChI is InChI=1S/C43H65N5O4/c1-8-10-11-12-19-44-43(51)40(32(5)26-31(3)4)29-45-42(50)39-27-37(36-15-13-35(14-16-36)30-46-22-24-52-25-23-46)28-41(33(39)6)48(9-2)38-17-20-47(21-18-38)34(7)49/h13-16,19,27-28,31-32,38,40H,8-12,17-18,20-26,29-30H2,1-7H3,(H,45,50). The number of amides is 3. The van der Waals surface area contributed by atoms with Gasteiger partial charge in [-0.25, -0.2) is 4.99 Å². The first-order valence-electron chi connectivity index (χ1n) is 19.9. The summed E-state index contributed by atoms with van der Waals surface area (Å²) in [7, 11) is 0. The van der Waals surface area contributed by atoms with E-state index in [2.05, 4.69) is 85.1 Å². The number of carbonyl (C=O) groups excluding carboxylic acids is 3. The molecule has 52 heavy (non-hydrogen) atoms. The maximum Gasteiger partial charge on any atom is 0.251 e. The van der Waals surface area contributed by atoms with Crippen molar-refractivity contribution in [3.8, 4) is 11.1 Å². The summed E-state index contributed by atoms with van der Waals surface area (Å²) >= 11 is 0. The van der Waals surface area contributed by atoms with Gasteiger partial charge in [0.05, 0.1) is 19.1 Å². The first kappa shape index (κ1) is 41.2. The number of ether oxygens (including phenoxy) is 1. The predicted molar refractivity (Wildman–Crippen MR) is 213 cm³/mol. The van der Waals surface area contributed by atoms with E-state index in [1.54, 1.807) is 13.1 Å². The maximum absolute atomic E-state index is 14.2. The Bertz CT molecular complexity index is 1480. The quantitative estimate of drug-likeness (QED) is 0.134. The second-order valence-corrected chi connectivity index (χ2v) is 15.3. The number of piperidine rings is 1. The maximum atomic E-state index is 14.2. The summed E-state index contributed by atoms with van der Waals surface area (Å²) in [4.78, 5) is 50.9. The molecule has 2 unspecified atom stereocenters. The predicted octanol–water partition coefficient (Wildman–Crippen LogP) is 7.54. The Kier molecular flexibility index (Phi) is 16.3. The Morgan fingerprint density at radius 1 is 0.981 bits per heavy atom. The highest BCUT2D eigenvalue weighted by Gasteiger charge is 2.29. The van der Waals surface area contributed by atoms with Gasteiger partial charge in [0, 0.05) is 76.2 Å². The molecule has 2 aromatic rings. The number of nitrogens with zero attached hydrogens (tertiary/aromatic N) is 4. The van der Waals surface area contributed by atoms with Gasteiger partial charge in [-0.1, -0.05) is 64.8 Å². The van der Waals surface area contributed by atoms with Crippen LogP contribution in [0.1, 0.15) is 108 Å². The lowest BCUT2D eigenvalue weighted by molar-refractivity contribution is -0.129. The van der Waals surface area contributed by atoms with Gasteiger partial charge in [-0.15, -0.1) is 0 Å². The molecule has 4 rings (SSSR count). The number of nitrogens with one attached hydrogen (secondary N) is 1. The molecule has 2 aliphatic rings. The second-order valence-electron chi connectivity index (χ2n) is 15.3. The Morgan fingerprint density at radius 3 is 2.29 bits per heavy atom. The molecular formula is C43H65N5O4. The smallest absolute Gasteiger partial charge is 0.251 e. The molecule has 0 radical (unpaired) electrons. The van der Waals surface area contributed by atoms with Crippen molar-refractivity contribution in [2.45, 2.75) is 106 Å². The molecule has 0 saturated carbocycles. The fourth-order valence-corrected chi connectivity index (χ4v) is 7.81. The van der Waals surface area contributed by atoms with Gasteiger partial charge in [0.2, 0.25) is 11.8 Å². The fourth-order valence-electron chi connectivity index (χ4n) is 7.81. The number of carbonyl (C=O) groups is 3. The monoisotopic (exact) mass is 716 g/mol. The zero-order chi connectivity index (χ0) is 37.6. The lowest BCUT2D eigenvalue weighted by atomic mass is 9.86. The van der Waals surface area contributed by atoms with Gasteiger partial charge in [0.25, 0.3) is 5.91 Å². The Balaban J connectivity index is 1.63. The minimum absolute atomic E-state index is 0.0796. The first-order chi connectivity index (χ1) is 25.0. The lowest BCUT2D eigenvalue weighted by Crippen LogP contribution is -2.46. The van der Waals surface area contributed by atoms with E-state index in [0.717, 1.165) is 120 Å². The van der Waals surface area contributed by atoms with Gasteiger partial charge < -0.3 is 19.9 Å². The number of likely N-dealkylation sites (tertiary alicyclic amines) is 1. The minimum Gasteiger partial charge on any atom is -0.379 e. The highest BCUT2D eigenvalue weighted by Crippen LogP contribution is 2.34. The summed E-state index contributed by atoms with van der Waals surface area (Å²) in [5.41, 5.74) is 5.88. The third kappa shape index (κ3) is 11.7. The zero-order valence-corrected chi connectivity index (χ0v) is 33.1. The molecule has 9 nitrogen and oxygen atoms in total. The molecule has 2 heterocycles. The average Bonchev–Trinajstić information content (AvgIpc) is 3.13. The van der Waals surface area contributed by atoms with E-state index in [9.17, 15) is 14.4 Å². The van der Waals surface area contributed by atoms with Crippen LogP contribution in [0.25, 0.3) is 11.1 Å². The summed E-state index contributed by atoms with van der Waals surface area (Å²) in [6.07, 6.45) is 8.47. The van der Waals surface area contributed by atoms with Crippen LogP contribution in [0.2, 0.25) is 0 Å². The average molecular weight is 716 g/mol. The number of rotatable bonds is 17. The molecule has 0 spiro atoms. The van der Waals surface area contributed by atoms with Gasteiger partial charge in [-0.3, -0.25) is 19.3 Å². The molecule has 2 atom stereocenters. The van der Waals surface area contributed by atoms with Crippen molar-refractivity contribution in [1.82, 2.24) is 15.1 Å². The van der Waals surface area contributed by atoms with Crippen molar-refractivity contribution in [1.29, 1.82) is 0 Å². The van der Waals surface area contributed by atoms with Crippen LogP contribution in [0.5, 0.6) is 0 Å². The fraction of sp³-hybridized carbons (Fsp3) is 0.628. The molecule has 286 valence electrons. The van der Waals surface area contributed by atoms with Gasteiger partial charge in [-0.05, 0) is 92.2 Å². The molecular weight excluding hydrogens is 651 g/mol. The van der Waals surface area contributed by atoms with Crippen LogP contribution in [-0.2, 0) is 20.9 Å². The van der Waals surface area contributed by atoms with Gasteiger partial charge in [0.1, 0.15) is 0 Å². The third-order valence-electron chi connectivity index (χ3n) is 10.9. The number of unbranched alkanes of at least 4 members (excludes halogenated alkanes) is 3. The van der Waals surface area contributed by atoms with E-state index >= 15 is 0 Å². The molecule has 0 aromatic heterocycles. The van der Waals surface area contributed by atoms with Gasteiger partial charge >= 0.3 is 0 Å². The van der Waals surface area contributed by atoms with Crippen LogP contribution in [-0.4, -0.2) is 92.3 Å². The first-order valence-corrected chi connectivity index (χ1v) is 19.9.